The molecule has 0 unspecified atom stereocenters. The van der Waals surface area contributed by atoms with Crippen LogP contribution < -0.4 is 15.1 Å². The van der Waals surface area contributed by atoms with E-state index in [4.69, 9.17) is 4.74 Å². The average molecular weight is 720 g/mol. The largest absolute Gasteiger partial charge is 0.359 e. The summed E-state index contributed by atoms with van der Waals surface area (Å²) in [6, 6.07) is 17.5. The molecule has 4 aliphatic rings. The average Bonchev–Trinajstić information content (AvgIpc) is 3.48. The molecule has 3 aromatic rings. The van der Waals surface area contributed by atoms with Crippen molar-refractivity contribution >= 4 is 17.3 Å². The van der Waals surface area contributed by atoms with Crippen LogP contribution in [-0.4, -0.2) is 50.5 Å². The molecule has 0 aromatic heterocycles. The van der Waals surface area contributed by atoms with Crippen LogP contribution in [0.4, 0.5) is 28.9 Å². The number of nitrogens with one attached hydrogen (secondary N) is 1. The van der Waals surface area contributed by atoms with Gasteiger partial charge in [0.05, 0.1) is 32.8 Å². The lowest BCUT2D eigenvalue weighted by atomic mass is 9.61. The predicted octanol–water partition coefficient (Wildman–Crippen LogP) is 10.1. The van der Waals surface area contributed by atoms with Gasteiger partial charge in [-0.15, -0.1) is 0 Å². The molecule has 3 aliphatic heterocycles. The molecule has 5 nitrogen and oxygen atoms in total. The second-order valence-corrected chi connectivity index (χ2v) is 16.1. The SMILES string of the molecule is CCCCCCCCCCCCCNC(=O)c1ccc2c(c1)C1(OC2)c2ccc(N3CC(F)(F)C3)cc2C(C)(C)c2cc(N3CC(F)(F)C3)ccc21. The second-order valence-electron chi connectivity index (χ2n) is 16.1. The third kappa shape index (κ3) is 6.94. The number of unbranched alkanes of at least 4 members (excludes halogenated alkanes) is 10. The highest BCUT2D eigenvalue weighted by Gasteiger charge is 2.54. The fraction of sp³-hybridized carbons (Fsp3) is 0.558. The zero-order chi connectivity index (χ0) is 36.7. The second kappa shape index (κ2) is 14.3. The van der Waals surface area contributed by atoms with Crippen LogP contribution in [0.15, 0.2) is 54.6 Å². The smallest absolute Gasteiger partial charge is 0.282 e. The highest BCUT2D eigenvalue weighted by atomic mass is 19.3. The standard InChI is InChI=1S/C43H53F4N3O2/c1-4-5-6-7-8-9-10-11-12-13-14-21-48-39(51)30-15-16-31-25-52-43(36(31)22-30)34-19-17-32(49-26-41(44,45)27-49)23-37(34)40(2,3)38-24-33(18-20-35(38)43)50-28-42(46,47)29-50/h15-20,22-24H,4-14,21,25-29H2,1-3H3,(H,48,51). The Morgan fingerprint density at radius 3 is 1.65 bits per heavy atom. The van der Waals surface area contributed by atoms with Gasteiger partial charge >= 0.3 is 0 Å². The molecule has 2 fully saturated rings. The maximum atomic E-state index is 13.9. The van der Waals surface area contributed by atoms with Gasteiger partial charge in [0, 0.05) is 28.9 Å². The number of carbonyl (C=O) groups is 1. The zero-order valence-corrected chi connectivity index (χ0v) is 30.9. The van der Waals surface area contributed by atoms with Crippen molar-refractivity contribution < 1.29 is 27.1 Å². The fourth-order valence-electron chi connectivity index (χ4n) is 8.76. The Bertz CT molecular complexity index is 1700. The lowest BCUT2D eigenvalue weighted by molar-refractivity contribution is -0.0268. The lowest BCUT2D eigenvalue weighted by Crippen LogP contribution is -2.56. The summed E-state index contributed by atoms with van der Waals surface area (Å²) in [5.41, 5.74) is 5.83. The summed E-state index contributed by atoms with van der Waals surface area (Å²) in [6.07, 6.45) is 13.7. The van der Waals surface area contributed by atoms with Crippen molar-refractivity contribution in [1.82, 2.24) is 5.32 Å². The Kier molecular flexibility index (Phi) is 10.1. The van der Waals surface area contributed by atoms with Crippen molar-refractivity contribution in [2.75, 3.05) is 42.5 Å². The maximum Gasteiger partial charge on any atom is 0.282 e. The van der Waals surface area contributed by atoms with Crippen molar-refractivity contribution in [3.8, 4) is 0 Å². The molecule has 0 atom stereocenters. The van der Waals surface area contributed by atoms with E-state index >= 15 is 0 Å². The first-order chi connectivity index (χ1) is 24.8. The van der Waals surface area contributed by atoms with E-state index in [-0.39, 0.29) is 32.1 Å². The molecule has 3 aromatic carbocycles. The normalized spacial score (nSPS) is 19.8. The van der Waals surface area contributed by atoms with Gasteiger partial charge in [-0.2, -0.15) is 0 Å². The third-order valence-electron chi connectivity index (χ3n) is 11.8. The minimum absolute atomic E-state index is 0.128. The van der Waals surface area contributed by atoms with E-state index in [1.165, 1.54) is 57.8 Å². The zero-order valence-electron chi connectivity index (χ0n) is 30.9. The first-order valence-electron chi connectivity index (χ1n) is 19.5. The van der Waals surface area contributed by atoms with Gasteiger partial charge in [-0.05, 0) is 76.2 Å². The van der Waals surface area contributed by atoms with Crippen molar-refractivity contribution in [3.63, 3.8) is 0 Å². The molecule has 0 saturated carbocycles. The molecule has 2 saturated heterocycles. The van der Waals surface area contributed by atoms with E-state index in [0.29, 0.717) is 30.1 Å². The summed E-state index contributed by atoms with van der Waals surface area (Å²) in [5.74, 6) is -5.56. The van der Waals surface area contributed by atoms with Gasteiger partial charge in [-0.3, -0.25) is 4.79 Å². The van der Waals surface area contributed by atoms with Crippen LogP contribution in [0.5, 0.6) is 0 Å². The van der Waals surface area contributed by atoms with Crippen LogP contribution in [0.2, 0.25) is 0 Å². The van der Waals surface area contributed by atoms with Gasteiger partial charge in [-0.25, -0.2) is 17.6 Å². The molecule has 1 spiro atoms. The van der Waals surface area contributed by atoms with Gasteiger partial charge in [0.25, 0.3) is 17.8 Å². The molecule has 1 amide bonds. The molecule has 3 heterocycles. The number of nitrogens with zero attached hydrogens (tertiary/aromatic N) is 2. The molecule has 0 bridgehead atoms. The van der Waals surface area contributed by atoms with Gasteiger partial charge < -0.3 is 19.9 Å². The summed E-state index contributed by atoms with van der Waals surface area (Å²) in [7, 11) is 0. The van der Waals surface area contributed by atoms with Crippen LogP contribution in [0, 0.1) is 0 Å². The first-order valence-corrected chi connectivity index (χ1v) is 19.5. The maximum absolute atomic E-state index is 13.9. The number of halogens is 4. The van der Waals surface area contributed by atoms with E-state index in [1.807, 2.05) is 54.6 Å². The van der Waals surface area contributed by atoms with Gasteiger partial charge in [0.1, 0.15) is 5.60 Å². The van der Waals surface area contributed by atoms with Crippen molar-refractivity contribution in [2.45, 2.75) is 121 Å². The van der Waals surface area contributed by atoms with E-state index in [1.54, 1.807) is 9.80 Å². The Morgan fingerprint density at radius 2 is 1.15 bits per heavy atom. The Balaban J connectivity index is 1.12. The topological polar surface area (TPSA) is 44.8 Å². The number of hydrogen-bond donors (Lipinski definition) is 1. The van der Waals surface area contributed by atoms with E-state index in [9.17, 15) is 22.4 Å². The number of alkyl halides is 4. The van der Waals surface area contributed by atoms with E-state index in [0.717, 1.165) is 46.2 Å². The number of benzene rings is 3. The Morgan fingerprint density at radius 1 is 0.654 bits per heavy atom. The van der Waals surface area contributed by atoms with Crippen LogP contribution in [-0.2, 0) is 22.4 Å². The monoisotopic (exact) mass is 719 g/mol. The van der Waals surface area contributed by atoms with E-state index in [2.05, 4.69) is 26.1 Å². The van der Waals surface area contributed by atoms with Gasteiger partial charge in [0.15, 0.2) is 0 Å². The van der Waals surface area contributed by atoms with Gasteiger partial charge in [0.2, 0.25) is 0 Å². The molecule has 7 rings (SSSR count). The van der Waals surface area contributed by atoms with E-state index < -0.39 is 22.9 Å². The van der Waals surface area contributed by atoms with Crippen molar-refractivity contribution in [1.29, 1.82) is 0 Å². The number of anilines is 2. The highest BCUT2D eigenvalue weighted by Crippen LogP contribution is 2.58. The van der Waals surface area contributed by atoms with Crippen molar-refractivity contribution in [2.24, 2.45) is 0 Å². The molecule has 9 heteroatoms. The summed E-state index contributed by atoms with van der Waals surface area (Å²) in [4.78, 5) is 16.9. The summed E-state index contributed by atoms with van der Waals surface area (Å²) >= 11 is 0. The predicted molar refractivity (Wildman–Crippen MR) is 199 cm³/mol. The molecule has 1 N–H and O–H groups in total. The summed E-state index contributed by atoms with van der Waals surface area (Å²) in [5, 5.41) is 3.13. The number of ether oxygens (including phenoxy) is 1. The minimum atomic E-state index is -2.72. The number of amides is 1. The Labute approximate surface area is 306 Å². The van der Waals surface area contributed by atoms with Gasteiger partial charge in [-0.1, -0.05) is 103 Å². The number of rotatable bonds is 15. The molecular formula is C43H53F4N3O2. The number of carbonyl (C=O) groups excluding carboxylic acids is 1. The lowest BCUT2D eigenvalue weighted by Gasteiger charge is -2.47. The van der Waals surface area contributed by atoms with Crippen molar-refractivity contribution in [3.05, 3.63) is 93.5 Å². The number of fused-ring (bicyclic) bond motifs is 6. The molecule has 1 aliphatic carbocycles. The Hall–Kier alpha value is -3.59. The molecule has 52 heavy (non-hydrogen) atoms. The summed E-state index contributed by atoms with van der Waals surface area (Å²) in [6.45, 7) is 6.04. The fourth-order valence-corrected chi connectivity index (χ4v) is 8.76. The highest BCUT2D eigenvalue weighted by molar-refractivity contribution is 5.94. The molecule has 280 valence electrons. The molecular weight excluding hydrogens is 666 g/mol. The number of hydrogen-bond acceptors (Lipinski definition) is 4. The first kappa shape index (κ1) is 36.8. The minimum Gasteiger partial charge on any atom is -0.359 e. The summed E-state index contributed by atoms with van der Waals surface area (Å²) < 4.78 is 62.6. The molecule has 0 radical (unpaired) electrons. The third-order valence-corrected chi connectivity index (χ3v) is 11.8. The quantitative estimate of drug-likeness (QED) is 0.126. The van der Waals surface area contributed by atoms with Crippen LogP contribution in [0.25, 0.3) is 0 Å². The van der Waals surface area contributed by atoms with Crippen LogP contribution in [0.1, 0.15) is 135 Å². The van der Waals surface area contributed by atoms with Crippen LogP contribution in [0.3, 0.4) is 0 Å². The van der Waals surface area contributed by atoms with Crippen LogP contribution >= 0.6 is 0 Å².